The molecule has 2 aliphatic heterocycles. The van der Waals surface area contributed by atoms with Crippen LogP contribution in [-0.4, -0.2) is 70.4 Å². The molecule has 0 radical (unpaired) electrons. The Labute approximate surface area is 261 Å². The van der Waals surface area contributed by atoms with Crippen molar-refractivity contribution in [3.05, 3.63) is 46.5 Å². The number of phenols is 4. The Morgan fingerprint density at radius 2 is 1.00 bits per heavy atom. The van der Waals surface area contributed by atoms with Gasteiger partial charge in [0.25, 0.3) is 0 Å². The zero-order valence-electron chi connectivity index (χ0n) is 25.3. The van der Waals surface area contributed by atoms with Crippen LogP contribution >= 0.6 is 0 Å². The van der Waals surface area contributed by atoms with Gasteiger partial charge in [-0.1, -0.05) is 0 Å². The van der Waals surface area contributed by atoms with Gasteiger partial charge in [0.1, 0.15) is 69.4 Å². The Balaban J connectivity index is 1.59. The fraction of sp³-hybridized carbons (Fsp3) is 0.294. The first kappa shape index (κ1) is 30.5. The Morgan fingerprint density at radius 1 is 0.652 bits per heavy atom. The number of aromatic hydroxyl groups is 4. The molecule has 4 N–H and O–H groups in total. The molecule has 238 valence electrons. The van der Waals surface area contributed by atoms with E-state index in [1.54, 1.807) is 12.1 Å². The minimum absolute atomic E-state index is 0.00525. The van der Waals surface area contributed by atoms with E-state index < -0.39 is 47.1 Å². The largest absolute Gasteiger partial charge is 0.506 e. The number of fused-ring (bicyclic) bond motifs is 4. The number of ether oxygens (including phenoxy) is 4. The van der Waals surface area contributed by atoms with Gasteiger partial charge in [0.15, 0.2) is 0 Å². The molecule has 0 amide bonds. The molecule has 4 aromatic rings. The van der Waals surface area contributed by atoms with E-state index in [-0.39, 0.29) is 81.8 Å². The molecule has 2 atom stereocenters. The third-order valence-corrected chi connectivity index (χ3v) is 8.41. The minimum atomic E-state index is -0.859. The molecule has 0 spiro atoms. The Bertz CT molecular complexity index is 1880. The summed E-state index contributed by atoms with van der Waals surface area (Å²) in [5.41, 5.74) is 0.223. The molecule has 2 aliphatic rings. The van der Waals surface area contributed by atoms with Gasteiger partial charge >= 0.3 is 11.9 Å². The van der Waals surface area contributed by atoms with Crippen molar-refractivity contribution in [3.63, 3.8) is 0 Å². The monoisotopic (exact) mass is 630 g/mol. The molecule has 4 aromatic carbocycles. The summed E-state index contributed by atoms with van der Waals surface area (Å²) < 4.78 is 22.0. The predicted octanol–water partition coefficient (Wildman–Crippen LogP) is 4.62. The molecule has 2 unspecified atom stereocenters. The van der Waals surface area contributed by atoms with Crippen LogP contribution < -0.4 is 9.47 Å². The molecule has 0 saturated heterocycles. The van der Waals surface area contributed by atoms with Crippen molar-refractivity contribution < 1.29 is 58.6 Å². The molecule has 0 aliphatic carbocycles. The smallest absolute Gasteiger partial charge is 0.342 e. The average Bonchev–Trinajstić information content (AvgIpc) is 2.95. The number of methoxy groups -OCH3 is 2. The minimum Gasteiger partial charge on any atom is -0.506 e. The van der Waals surface area contributed by atoms with Crippen LogP contribution in [0.15, 0.2) is 24.3 Å². The lowest BCUT2D eigenvalue weighted by Crippen LogP contribution is -2.29. The molecule has 0 aromatic heterocycles. The first-order valence-electron chi connectivity index (χ1n) is 14.4. The number of carbonyl (C=O) groups excluding carboxylic acids is 4. The van der Waals surface area contributed by atoms with Crippen molar-refractivity contribution in [2.24, 2.45) is 0 Å². The van der Waals surface area contributed by atoms with Gasteiger partial charge in [-0.05, 0) is 60.0 Å². The fourth-order valence-corrected chi connectivity index (χ4v) is 6.57. The normalized spacial score (nSPS) is 17.2. The summed E-state index contributed by atoms with van der Waals surface area (Å²) in [6.07, 6.45) is -1.08. The number of benzene rings is 4. The highest BCUT2D eigenvalue weighted by molar-refractivity contribution is 6.13. The number of Topliss-reactive ketones (excluding diaryl/α,β-unsaturated/α-hetero) is 2. The highest BCUT2D eigenvalue weighted by Crippen LogP contribution is 2.56. The van der Waals surface area contributed by atoms with Crippen molar-refractivity contribution >= 4 is 45.0 Å². The lowest BCUT2D eigenvalue weighted by atomic mass is 9.87. The zero-order chi connectivity index (χ0) is 33.2. The number of ketones is 2. The summed E-state index contributed by atoms with van der Waals surface area (Å²) in [4.78, 5) is 49.2. The van der Waals surface area contributed by atoms with E-state index in [1.165, 1.54) is 40.2 Å². The Morgan fingerprint density at radius 3 is 1.33 bits per heavy atom. The summed E-state index contributed by atoms with van der Waals surface area (Å²) in [7, 11) is 2.66. The Hall–Kier alpha value is -5.52. The zero-order valence-corrected chi connectivity index (χ0v) is 25.3. The van der Waals surface area contributed by atoms with Gasteiger partial charge in [0.2, 0.25) is 0 Å². The number of carbonyl (C=O) groups is 4. The molecule has 46 heavy (non-hydrogen) atoms. The van der Waals surface area contributed by atoms with Gasteiger partial charge in [0, 0.05) is 25.7 Å². The topological polar surface area (TPSA) is 186 Å². The van der Waals surface area contributed by atoms with Crippen LogP contribution in [0.2, 0.25) is 0 Å². The van der Waals surface area contributed by atoms with Crippen molar-refractivity contribution in [1.82, 2.24) is 0 Å². The van der Waals surface area contributed by atoms with Crippen LogP contribution in [0.3, 0.4) is 0 Å². The molecule has 0 bridgehead atoms. The van der Waals surface area contributed by atoms with Crippen LogP contribution in [0.5, 0.6) is 34.5 Å². The highest BCUT2D eigenvalue weighted by atomic mass is 16.6. The lowest BCUT2D eigenvalue weighted by Gasteiger charge is -2.27. The molecular weight excluding hydrogens is 600 g/mol. The lowest BCUT2D eigenvalue weighted by molar-refractivity contribution is -0.120. The highest BCUT2D eigenvalue weighted by Gasteiger charge is 2.36. The number of cyclic esters (lactones) is 2. The number of hydrogen-bond donors (Lipinski definition) is 4. The van der Waals surface area contributed by atoms with Crippen molar-refractivity contribution in [2.45, 2.75) is 51.7 Å². The van der Waals surface area contributed by atoms with Crippen LogP contribution in [-0.2, 0) is 31.9 Å². The number of phenolic OH excluding ortho intramolecular Hbond substituents is 4. The molecule has 12 heteroatoms. The maximum Gasteiger partial charge on any atom is 0.342 e. The van der Waals surface area contributed by atoms with Crippen molar-refractivity contribution in [1.29, 1.82) is 0 Å². The van der Waals surface area contributed by atoms with Gasteiger partial charge in [-0.2, -0.15) is 0 Å². The third kappa shape index (κ3) is 4.77. The SMILES string of the molecule is COc1cc2cc3c(c(O)c2c(O)c1-c1c(OC)cc2cc4c(c(O)c2c1O)C(=O)OC(CC(C)=O)C4)C(=O)OC(CC(C)=O)C3. The standard InChI is InChI=1S/C34H30O12/c1-13(35)5-19-9-15-7-17-11-21(43-3)27(31(39)23(17)29(37)25(15)33(41)45-19)28-22(44-4)12-18-8-16-10-20(6-14(2)36)46-34(42)26(16)30(38)24(18)32(28)40/h7-8,11-12,19-20,37-40H,5-6,9-10H2,1-4H3. The van der Waals surface area contributed by atoms with E-state index in [4.69, 9.17) is 18.9 Å². The van der Waals surface area contributed by atoms with Gasteiger partial charge in [-0.3, -0.25) is 9.59 Å². The summed E-state index contributed by atoms with van der Waals surface area (Å²) >= 11 is 0. The van der Waals surface area contributed by atoms with Crippen molar-refractivity contribution in [3.8, 4) is 45.6 Å². The van der Waals surface area contributed by atoms with E-state index in [0.717, 1.165) is 0 Å². The molecule has 12 nitrogen and oxygen atoms in total. The summed E-state index contributed by atoms with van der Waals surface area (Å²) in [5.74, 6) is -4.27. The summed E-state index contributed by atoms with van der Waals surface area (Å²) in [6, 6.07) is 6.16. The fourth-order valence-electron chi connectivity index (χ4n) is 6.57. The Kier molecular flexibility index (Phi) is 7.38. The maximum atomic E-state index is 12.9. The number of rotatable bonds is 7. The van der Waals surface area contributed by atoms with Crippen LogP contribution in [0.4, 0.5) is 0 Å². The van der Waals surface area contributed by atoms with E-state index in [2.05, 4.69) is 0 Å². The van der Waals surface area contributed by atoms with E-state index in [1.807, 2.05) is 0 Å². The molecule has 2 heterocycles. The number of esters is 2. The first-order valence-corrected chi connectivity index (χ1v) is 14.4. The van der Waals surface area contributed by atoms with E-state index in [0.29, 0.717) is 21.9 Å². The van der Waals surface area contributed by atoms with Crippen LogP contribution in [0.25, 0.3) is 32.7 Å². The molecule has 6 rings (SSSR count). The average molecular weight is 631 g/mol. The summed E-state index contributed by atoms with van der Waals surface area (Å²) in [5, 5.41) is 46.4. The summed E-state index contributed by atoms with van der Waals surface area (Å²) in [6.45, 7) is 2.77. The first-order chi connectivity index (χ1) is 21.8. The molecule has 0 saturated carbocycles. The van der Waals surface area contributed by atoms with E-state index in [9.17, 15) is 39.6 Å². The number of hydrogen-bond acceptors (Lipinski definition) is 12. The second kappa shape index (κ2) is 11.1. The van der Waals surface area contributed by atoms with Gasteiger partial charge in [-0.15, -0.1) is 0 Å². The van der Waals surface area contributed by atoms with E-state index >= 15 is 0 Å². The van der Waals surface area contributed by atoms with Crippen molar-refractivity contribution in [2.75, 3.05) is 14.2 Å². The van der Waals surface area contributed by atoms with Crippen LogP contribution in [0.1, 0.15) is 58.5 Å². The molecule has 0 fully saturated rings. The van der Waals surface area contributed by atoms with Crippen LogP contribution in [0, 0.1) is 0 Å². The second-order valence-electron chi connectivity index (χ2n) is 11.6. The predicted molar refractivity (Wildman–Crippen MR) is 163 cm³/mol. The van der Waals surface area contributed by atoms with Gasteiger partial charge < -0.3 is 39.4 Å². The third-order valence-electron chi connectivity index (χ3n) is 8.41. The van der Waals surface area contributed by atoms with Gasteiger partial charge in [-0.25, -0.2) is 9.59 Å². The van der Waals surface area contributed by atoms with Gasteiger partial charge in [0.05, 0.1) is 36.1 Å². The molecular formula is C34H30O12. The maximum absolute atomic E-state index is 12.9. The quantitative estimate of drug-likeness (QED) is 0.208. The second-order valence-corrected chi connectivity index (χ2v) is 11.6.